The molecule has 0 aliphatic heterocycles. The van der Waals surface area contributed by atoms with E-state index in [-0.39, 0.29) is 5.91 Å². The Kier molecular flexibility index (Phi) is 4.53. The molecular weight excluding hydrogens is 276 g/mol. The summed E-state index contributed by atoms with van der Waals surface area (Å²) < 4.78 is 4.14. The van der Waals surface area contributed by atoms with Crippen LogP contribution in [0, 0.1) is 0 Å². The summed E-state index contributed by atoms with van der Waals surface area (Å²) >= 11 is 0. The van der Waals surface area contributed by atoms with Gasteiger partial charge in [0.1, 0.15) is 0 Å². The molecule has 1 N–H and O–H groups in total. The summed E-state index contributed by atoms with van der Waals surface area (Å²) in [7, 11) is 0. The molecular formula is C17H20N4O. The van der Waals surface area contributed by atoms with Crippen LogP contribution in [0.5, 0.6) is 0 Å². The van der Waals surface area contributed by atoms with Gasteiger partial charge in [-0.05, 0) is 23.9 Å². The van der Waals surface area contributed by atoms with Crippen molar-refractivity contribution in [3.63, 3.8) is 0 Å². The Hall–Kier alpha value is -2.56. The van der Waals surface area contributed by atoms with E-state index in [1.165, 1.54) is 10.9 Å². The van der Waals surface area contributed by atoms with Crippen molar-refractivity contribution in [2.24, 2.45) is 0 Å². The van der Waals surface area contributed by atoms with Crippen LogP contribution in [0.25, 0.3) is 10.9 Å². The second-order valence-corrected chi connectivity index (χ2v) is 5.32. The number of para-hydroxylation sites is 1. The van der Waals surface area contributed by atoms with Crippen molar-refractivity contribution >= 4 is 16.8 Å². The second kappa shape index (κ2) is 6.93. The van der Waals surface area contributed by atoms with Gasteiger partial charge in [0, 0.05) is 50.2 Å². The molecule has 22 heavy (non-hydrogen) atoms. The van der Waals surface area contributed by atoms with E-state index in [1.54, 1.807) is 12.5 Å². The molecule has 5 nitrogen and oxygen atoms in total. The van der Waals surface area contributed by atoms with Crippen molar-refractivity contribution < 1.29 is 4.79 Å². The van der Waals surface area contributed by atoms with E-state index in [0.29, 0.717) is 19.5 Å². The highest BCUT2D eigenvalue weighted by Crippen LogP contribution is 2.15. The lowest BCUT2D eigenvalue weighted by atomic mass is 10.2. The zero-order chi connectivity index (χ0) is 15.2. The lowest BCUT2D eigenvalue weighted by Crippen LogP contribution is -2.26. The van der Waals surface area contributed by atoms with Crippen molar-refractivity contribution in [2.45, 2.75) is 25.9 Å². The number of rotatable bonds is 7. The molecule has 0 spiro atoms. The minimum absolute atomic E-state index is 0.100. The highest BCUT2D eigenvalue weighted by Gasteiger charge is 2.04. The normalized spacial score (nSPS) is 10.9. The van der Waals surface area contributed by atoms with Crippen LogP contribution >= 0.6 is 0 Å². The van der Waals surface area contributed by atoms with Gasteiger partial charge in [-0.25, -0.2) is 4.98 Å². The molecule has 0 aliphatic rings. The third kappa shape index (κ3) is 3.55. The first-order valence-corrected chi connectivity index (χ1v) is 7.59. The minimum Gasteiger partial charge on any atom is -0.356 e. The predicted octanol–water partition coefficient (Wildman–Crippen LogP) is 2.43. The number of nitrogens with zero attached hydrogens (tertiary/aromatic N) is 3. The van der Waals surface area contributed by atoms with Gasteiger partial charge in [-0.2, -0.15) is 0 Å². The van der Waals surface area contributed by atoms with Crippen LogP contribution < -0.4 is 5.32 Å². The summed E-state index contributed by atoms with van der Waals surface area (Å²) in [6.07, 6.45) is 8.94. The molecule has 3 rings (SSSR count). The number of nitrogens with one attached hydrogen (secondary N) is 1. The molecule has 0 saturated heterocycles. The monoisotopic (exact) mass is 296 g/mol. The van der Waals surface area contributed by atoms with Gasteiger partial charge in [0.15, 0.2) is 0 Å². The molecule has 1 amide bonds. The SMILES string of the molecule is O=C(CCn1ccc2ccccc21)NCCCn1ccnc1. The standard InChI is InChI=1S/C17H20N4O/c22-17(19-8-3-10-20-13-9-18-14-20)7-12-21-11-6-15-4-1-2-5-16(15)21/h1-2,4-6,9,11,13-14H,3,7-8,10,12H2,(H,19,22). The predicted molar refractivity (Wildman–Crippen MR) is 86.4 cm³/mol. The number of aryl methyl sites for hydroxylation is 2. The Labute approximate surface area is 129 Å². The number of carbonyl (C=O) groups excluding carboxylic acids is 1. The molecule has 0 radical (unpaired) electrons. The summed E-state index contributed by atoms with van der Waals surface area (Å²) in [5.74, 6) is 0.100. The number of imidazole rings is 1. The van der Waals surface area contributed by atoms with E-state index in [2.05, 4.69) is 33.1 Å². The zero-order valence-electron chi connectivity index (χ0n) is 12.5. The molecule has 3 aromatic rings. The van der Waals surface area contributed by atoms with Gasteiger partial charge in [0.05, 0.1) is 6.33 Å². The highest BCUT2D eigenvalue weighted by molar-refractivity contribution is 5.80. The average molecular weight is 296 g/mol. The number of amides is 1. The summed E-state index contributed by atoms with van der Waals surface area (Å²) in [6.45, 7) is 2.28. The van der Waals surface area contributed by atoms with E-state index in [9.17, 15) is 4.79 Å². The fourth-order valence-electron chi connectivity index (χ4n) is 2.55. The van der Waals surface area contributed by atoms with Crippen molar-refractivity contribution in [1.82, 2.24) is 19.4 Å². The summed E-state index contributed by atoms with van der Waals surface area (Å²) in [6, 6.07) is 10.3. The molecule has 0 bridgehead atoms. The Morgan fingerprint density at radius 1 is 1.14 bits per heavy atom. The summed E-state index contributed by atoms with van der Waals surface area (Å²) in [5, 5.41) is 4.18. The smallest absolute Gasteiger partial charge is 0.221 e. The molecule has 0 fully saturated rings. The molecule has 2 heterocycles. The number of hydrogen-bond acceptors (Lipinski definition) is 2. The maximum atomic E-state index is 11.9. The molecule has 114 valence electrons. The Morgan fingerprint density at radius 3 is 2.91 bits per heavy atom. The fourth-order valence-corrected chi connectivity index (χ4v) is 2.55. The Bertz CT molecular complexity index is 730. The summed E-state index contributed by atoms with van der Waals surface area (Å²) in [5.41, 5.74) is 1.18. The van der Waals surface area contributed by atoms with Gasteiger partial charge in [-0.1, -0.05) is 18.2 Å². The lowest BCUT2D eigenvalue weighted by molar-refractivity contribution is -0.121. The first kappa shape index (κ1) is 14.4. The summed E-state index contributed by atoms with van der Waals surface area (Å²) in [4.78, 5) is 15.9. The van der Waals surface area contributed by atoms with Gasteiger partial charge >= 0.3 is 0 Å². The maximum Gasteiger partial charge on any atom is 0.221 e. The number of aromatic nitrogens is 3. The number of hydrogen-bond donors (Lipinski definition) is 1. The van der Waals surface area contributed by atoms with E-state index in [4.69, 9.17) is 0 Å². The van der Waals surface area contributed by atoms with Gasteiger partial charge in [0.2, 0.25) is 5.91 Å². The van der Waals surface area contributed by atoms with E-state index in [1.807, 2.05) is 29.1 Å². The molecule has 1 aromatic carbocycles. The van der Waals surface area contributed by atoms with Gasteiger partial charge < -0.3 is 14.5 Å². The highest BCUT2D eigenvalue weighted by atomic mass is 16.1. The Morgan fingerprint density at radius 2 is 2.05 bits per heavy atom. The van der Waals surface area contributed by atoms with Crippen LogP contribution in [0.1, 0.15) is 12.8 Å². The van der Waals surface area contributed by atoms with Crippen LogP contribution in [0.15, 0.2) is 55.2 Å². The van der Waals surface area contributed by atoms with E-state index in [0.717, 1.165) is 13.0 Å². The fraction of sp³-hybridized carbons (Fsp3) is 0.294. The molecule has 0 unspecified atom stereocenters. The third-order valence-corrected chi connectivity index (χ3v) is 3.73. The first-order valence-electron chi connectivity index (χ1n) is 7.59. The third-order valence-electron chi connectivity index (χ3n) is 3.73. The molecule has 5 heteroatoms. The van der Waals surface area contributed by atoms with Gasteiger partial charge in [-0.15, -0.1) is 0 Å². The van der Waals surface area contributed by atoms with E-state index >= 15 is 0 Å². The maximum absolute atomic E-state index is 11.9. The number of benzene rings is 1. The van der Waals surface area contributed by atoms with Crippen molar-refractivity contribution in [1.29, 1.82) is 0 Å². The van der Waals surface area contributed by atoms with Crippen molar-refractivity contribution in [2.75, 3.05) is 6.54 Å². The largest absolute Gasteiger partial charge is 0.356 e. The Balaban J connectivity index is 1.40. The molecule has 2 aromatic heterocycles. The zero-order valence-corrected chi connectivity index (χ0v) is 12.5. The topological polar surface area (TPSA) is 51.9 Å². The number of fused-ring (bicyclic) bond motifs is 1. The van der Waals surface area contributed by atoms with Crippen LogP contribution in [0.4, 0.5) is 0 Å². The van der Waals surface area contributed by atoms with Crippen molar-refractivity contribution in [3.8, 4) is 0 Å². The van der Waals surface area contributed by atoms with Crippen LogP contribution in [-0.4, -0.2) is 26.6 Å². The molecule has 0 atom stereocenters. The average Bonchev–Trinajstić information content (AvgIpc) is 3.19. The molecule has 0 saturated carbocycles. The number of carbonyl (C=O) groups is 1. The van der Waals surface area contributed by atoms with E-state index < -0.39 is 0 Å². The minimum atomic E-state index is 0.100. The second-order valence-electron chi connectivity index (χ2n) is 5.32. The first-order chi connectivity index (χ1) is 10.8. The van der Waals surface area contributed by atoms with Crippen LogP contribution in [-0.2, 0) is 17.9 Å². The van der Waals surface area contributed by atoms with Crippen LogP contribution in [0.3, 0.4) is 0 Å². The van der Waals surface area contributed by atoms with Gasteiger partial charge in [0.25, 0.3) is 0 Å². The van der Waals surface area contributed by atoms with Crippen LogP contribution in [0.2, 0.25) is 0 Å². The van der Waals surface area contributed by atoms with Crippen molar-refractivity contribution in [3.05, 3.63) is 55.2 Å². The van der Waals surface area contributed by atoms with Gasteiger partial charge in [-0.3, -0.25) is 4.79 Å². The quantitative estimate of drug-likeness (QED) is 0.681. The lowest BCUT2D eigenvalue weighted by Gasteiger charge is -2.07. The molecule has 0 aliphatic carbocycles.